The maximum absolute atomic E-state index is 13.6. The summed E-state index contributed by atoms with van der Waals surface area (Å²) in [5.74, 6) is 0.0273. The molecule has 1 aliphatic heterocycles. The van der Waals surface area contributed by atoms with E-state index in [4.69, 9.17) is 4.74 Å². The summed E-state index contributed by atoms with van der Waals surface area (Å²) >= 11 is 1.50. The molecule has 1 fully saturated rings. The Balaban J connectivity index is 2.06. The number of halogens is 1. The van der Waals surface area contributed by atoms with E-state index in [-0.39, 0.29) is 12.4 Å². The highest BCUT2D eigenvalue weighted by atomic mass is 32.2. The lowest BCUT2D eigenvalue weighted by Gasteiger charge is -2.33. The van der Waals surface area contributed by atoms with Crippen LogP contribution in [-0.2, 0) is 14.6 Å². The highest BCUT2D eigenvalue weighted by Gasteiger charge is 2.34. The molecule has 22 heavy (non-hydrogen) atoms. The van der Waals surface area contributed by atoms with Crippen molar-refractivity contribution in [1.82, 2.24) is 4.90 Å². The highest BCUT2D eigenvalue weighted by molar-refractivity contribution is 8.00. The average Bonchev–Trinajstić information content (AvgIpc) is 2.47. The Morgan fingerprint density at radius 1 is 1.50 bits per heavy atom. The third kappa shape index (κ3) is 4.13. The number of hydrogen-bond donors (Lipinski definition) is 0. The summed E-state index contributed by atoms with van der Waals surface area (Å²) in [6.45, 7) is 1.76. The third-order valence-electron chi connectivity index (χ3n) is 3.34. The van der Waals surface area contributed by atoms with Gasteiger partial charge in [-0.15, -0.1) is 0 Å². The largest absolute Gasteiger partial charge is 0.481 e. The number of carbonyl (C=O) groups excluding carboxylic acids is 1. The van der Waals surface area contributed by atoms with Crippen LogP contribution in [0.2, 0.25) is 0 Å². The fourth-order valence-corrected chi connectivity index (χ4v) is 5.00. The SMILES string of the molecule is Cc1ccc(F)c(OCC(=O)N2CCSC[C@H]2S(C)(=O)=O)c1. The average molecular weight is 347 g/mol. The van der Waals surface area contributed by atoms with Gasteiger partial charge in [0.2, 0.25) is 0 Å². The Morgan fingerprint density at radius 2 is 2.23 bits per heavy atom. The van der Waals surface area contributed by atoms with Crippen molar-refractivity contribution in [2.45, 2.75) is 12.3 Å². The van der Waals surface area contributed by atoms with Crippen LogP contribution >= 0.6 is 11.8 Å². The summed E-state index contributed by atoms with van der Waals surface area (Å²) in [5.41, 5.74) is 0.812. The van der Waals surface area contributed by atoms with Crippen molar-refractivity contribution in [3.05, 3.63) is 29.6 Å². The zero-order valence-corrected chi connectivity index (χ0v) is 14.0. The first-order valence-electron chi connectivity index (χ1n) is 6.74. The van der Waals surface area contributed by atoms with Gasteiger partial charge in [-0.25, -0.2) is 12.8 Å². The van der Waals surface area contributed by atoms with Crippen molar-refractivity contribution >= 4 is 27.5 Å². The molecular formula is C14H18FNO4S2. The van der Waals surface area contributed by atoms with Gasteiger partial charge in [0.05, 0.1) is 0 Å². The summed E-state index contributed by atoms with van der Waals surface area (Å²) in [7, 11) is -3.36. The van der Waals surface area contributed by atoms with Crippen LogP contribution < -0.4 is 4.74 Å². The van der Waals surface area contributed by atoms with Crippen LogP contribution in [0.1, 0.15) is 5.56 Å². The zero-order chi connectivity index (χ0) is 16.3. The van der Waals surface area contributed by atoms with Gasteiger partial charge < -0.3 is 9.64 Å². The summed E-state index contributed by atoms with van der Waals surface area (Å²) in [6, 6.07) is 4.38. The van der Waals surface area contributed by atoms with E-state index in [1.807, 2.05) is 0 Å². The molecule has 1 amide bonds. The van der Waals surface area contributed by atoms with Crippen LogP contribution in [0.4, 0.5) is 4.39 Å². The maximum Gasteiger partial charge on any atom is 0.261 e. The van der Waals surface area contributed by atoms with Gasteiger partial charge >= 0.3 is 0 Å². The monoisotopic (exact) mass is 347 g/mol. The fraction of sp³-hybridized carbons (Fsp3) is 0.500. The number of hydrogen-bond acceptors (Lipinski definition) is 5. The van der Waals surface area contributed by atoms with E-state index >= 15 is 0 Å². The molecule has 1 saturated heterocycles. The third-order valence-corrected chi connectivity index (χ3v) is 5.98. The predicted octanol–water partition coefficient (Wildman–Crippen LogP) is 1.46. The van der Waals surface area contributed by atoms with E-state index in [1.54, 1.807) is 13.0 Å². The minimum atomic E-state index is -3.36. The minimum Gasteiger partial charge on any atom is -0.481 e. The van der Waals surface area contributed by atoms with Crippen LogP contribution in [0.25, 0.3) is 0 Å². The first kappa shape index (κ1) is 17.1. The molecule has 0 aliphatic carbocycles. The molecule has 5 nitrogen and oxygen atoms in total. The Hall–Kier alpha value is -1.28. The van der Waals surface area contributed by atoms with Crippen molar-refractivity contribution in [2.24, 2.45) is 0 Å². The molecule has 1 aromatic rings. The van der Waals surface area contributed by atoms with Crippen molar-refractivity contribution in [3.63, 3.8) is 0 Å². The fourth-order valence-electron chi connectivity index (χ4n) is 2.16. The maximum atomic E-state index is 13.6. The van der Waals surface area contributed by atoms with Crippen LogP contribution in [0.5, 0.6) is 5.75 Å². The van der Waals surface area contributed by atoms with Crippen molar-refractivity contribution in [3.8, 4) is 5.75 Å². The molecule has 0 spiro atoms. The second-order valence-corrected chi connectivity index (χ2v) is 8.52. The molecule has 122 valence electrons. The molecule has 1 aromatic carbocycles. The number of ether oxygens (including phenoxy) is 1. The quantitative estimate of drug-likeness (QED) is 0.825. The van der Waals surface area contributed by atoms with Gasteiger partial charge in [-0.1, -0.05) is 6.07 Å². The molecule has 1 heterocycles. The number of amides is 1. The van der Waals surface area contributed by atoms with Crippen LogP contribution in [0.15, 0.2) is 18.2 Å². The molecule has 1 atom stereocenters. The first-order chi connectivity index (χ1) is 10.3. The van der Waals surface area contributed by atoms with E-state index < -0.39 is 26.9 Å². The normalized spacial score (nSPS) is 19.0. The van der Waals surface area contributed by atoms with Crippen LogP contribution in [-0.4, -0.2) is 55.5 Å². The van der Waals surface area contributed by atoms with Gasteiger partial charge in [0.15, 0.2) is 28.0 Å². The molecule has 0 N–H and O–H groups in total. The summed E-state index contributed by atoms with van der Waals surface area (Å²) in [5, 5.41) is -0.843. The van der Waals surface area contributed by atoms with E-state index in [2.05, 4.69) is 0 Å². The summed E-state index contributed by atoms with van der Waals surface area (Å²) < 4.78 is 42.3. The lowest BCUT2D eigenvalue weighted by Crippen LogP contribution is -2.51. The van der Waals surface area contributed by atoms with E-state index in [0.717, 1.165) is 11.8 Å². The van der Waals surface area contributed by atoms with Gasteiger partial charge in [-0.05, 0) is 24.6 Å². The predicted molar refractivity (Wildman–Crippen MR) is 84.3 cm³/mol. The number of sulfone groups is 1. The molecule has 8 heteroatoms. The lowest BCUT2D eigenvalue weighted by molar-refractivity contribution is -0.133. The van der Waals surface area contributed by atoms with Gasteiger partial charge in [0.1, 0.15) is 5.37 Å². The van der Waals surface area contributed by atoms with Crippen LogP contribution in [0.3, 0.4) is 0 Å². The zero-order valence-electron chi connectivity index (χ0n) is 12.4. The molecular weight excluding hydrogens is 329 g/mol. The number of aryl methyl sites for hydroxylation is 1. The Labute approximate surface area is 133 Å². The van der Waals surface area contributed by atoms with Crippen molar-refractivity contribution < 1.29 is 22.3 Å². The summed E-state index contributed by atoms with van der Waals surface area (Å²) in [4.78, 5) is 13.5. The topological polar surface area (TPSA) is 63.7 Å². The standard InChI is InChI=1S/C14H18FNO4S2/c1-10-3-4-11(15)12(7-10)20-8-13(17)16-5-6-21-9-14(16)22(2,18)19/h3-4,7,14H,5-6,8-9H2,1-2H3/t14-/m1/s1. The number of nitrogens with zero attached hydrogens (tertiary/aromatic N) is 1. The van der Waals surface area contributed by atoms with E-state index in [9.17, 15) is 17.6 Å². The Bertz CT molecular complexity index is 663. The minimum absolute atomic E-state index is 0.00404. The lowest BCUT2D eigenvalue weighted by atomic mass is 10.2. The number of rotatable bonds is 4. The molecule has 0 aromatic heterocycles. The smallest absolute Gasteiger partial charge is 0.261 e. The molecule has 0 bridgehead atoms. The van der Waals surface area contributed by atoms with Crippen molar-refractivity contribution in [2.75, 3.05) is 30.9 Å². The first-order valence-corrected chi connectivity index (χ1v) is 9.85. The van der Waals surface area contributed by atoms with E-state index in [0.29, 0.717) is 18.1 Å². The second-order valence-electron chi connectivity index (χ2n) is 5.17. The number of carbonyl (C=O) groups is 1. The second kappa shape index (κ2) is 6.87. The Kier molecular flexibility index (Phi) is 5.33. The van der Waals surface area contributed by atoms with Gasteiger partial charge in [-0.3, -0.25) is 4.79 Å². The Morgan fingerprint density at radius 3 is 2.91 bits per heavy atom. The van der Waals surface area contributed by atoms with Crippen LogP contribution in [0, 0.1) is 12.7 Å². The molecule has 0 saturated carbocycles. The molecule has 0 radical (unpaired) electrons. The van der Waals surface area contributed by atoms with Gasteiger partial charge in [-0.2, -0.15) is 11.8 Å². The summed E-state index contributed by atoms with van der Waals surface area (Å²) in [6.07, 6.45) is 1.12. The molecule has 0 unspecified atom stereocenters. The van der Waals surface area contributed by atoms with Gasteiger partial charge in [0, 0.05) is 24.3 Å². The highest BCUT2D eigenvalue weighted by Crippen LogP contribution is 2.22. The number of thioether (sulfide) groups is 1. The van der Waals surface area contributed by atoms with Crippen molar-refractivity contribution in [1.29, 1.82) is 0 Å². The molecule has 2 rings (SSSR count). The number of benzene rings is 1. The van der Waals surface area contributed by atoms with Gasteiger partial charge in [0.25, 0.3) is 5.91 Å². The van der Waals surface area contributed by atoms with E-state index in [1.165, 1.54) is 28.8 Å². The molecule has 1 aliphatic rings.